The SMILES string of the molecule is O=CCN(C(P(=O)(O)O)P(=O)(O)O)C(P(=O)(O)O)P(=O)(O)O. The van der Waals surface area contributed by atoms with Gasteiger partial charge in [-0.1, -0.05) is 0 Å². The molecule has 0 saturated carbocycles. The lowest BCUT2D eigenvalue weighted by Crippen LogP contribution is -2.44. The second-order valence-corrected chi connectivity index (χ2v) is 11.4. The number of carbonyl (C=O) groups is 1. The summed E-state index contributed by atoms with van der Waals surface area (Å²) in [6.07, 6.45) is -0.295. The maximum Gasteiger partial charge on any atom is 0.355 e. The van der Waals surface area contributed by atoms with Crippen LogP contribution < -0.4 is 0 Å². The second-order valence-electron chi connectivity index (χ2n) is 3.91. The molecule has 0 aliphatic carbocycles. The van der Waals surface area contributed by atoms with Crippen LogP contribution in [0.3, 0.4) is 0 Å². The summed E-state index contributed by atoms with van der Waals surface area (Å²) in [5.41, 5.74) is -6.65. The van der Waals surface area contributed by atoms with Gasteiger partial charge < -0.3 is 43.9 Å². The summed E-state index contributed by atoms with van der Waals surface area (Å²) in [5, 5.41) is 0. The minimum absolute atomic E-state index is 0.295. The van der Waals surface area contributed by atoms with Gasteiger partial charge in [0.05, 0.1) is 6.54 Å². The third-order valence-corrected chi connectivity index (χ3v) is 9.29. The Kier molecular flexibility index (Phi) is 7.07. The Balaban J connectivity index is 6.45. The number of hydrogen-bond acceptors (Lipinski definition) is 6. The van der Waals surface area contributed by atoms with Gasteiger partial charge in [0.1, 0.15) is 6.29 Å². The van der Waals surface area contributed by atoms with Gasteiger partial charge in [-0.3, -0.25) is 18.3 Å². The van der Waals surface area contributed by atoms with E-state index in [-0.39, 0.29) is 6.29 Å². The summed E-state index contributed by atoms with van der Waals surface area (Å²) in [6.45, 7) is -1.47. The lowest BCUT2D eigenvalue weighted by atomic mass is 10.7. The molecule has 0 atom stereocenters. The monoisotopic (exact) mass is 407 g/mol. The van der Waals surface area contributed by atoms with E-state index in [0.29, 0.717) is 0 Å². The van der Waals surface area contributed by atoms with Crippen LogP contribution >= 0.6 is 30.4 Å². The average molecular weight is 407 g/mol. The van der Waals surface area contributed by atoms with Crippen molar-refractivity contribution in [3.8, 4) is 0 Å². The zero-order chi connectivity index (χ0) is 18.1. The Hall–Kier alpha value is 0.230. The summed E-state index contributed by atoms with van der Waals surface area (Å²) < 4.78 is 44.8. The van der Waals surface area contributed by atoms with Gasteiger partial charge >= 0.3 is 30.4 Å². The van der Waals surface area contributed by atoms with Gasteiger partial charge in [0.2, 0.25) is 11.0 Å². The predicted octanol–water partition coefficient (Wildman–Crippen LogP) is -2.23. The van der Waals surface area contributed by atoms with Crippen LogP contribution in [0.2, 0.25) is 0 Å². The Morgan fingerprint density at radius 1 is 0.682 bits per heavy atom. The molecule has 0 aromatic carbocycles. The Morgan fingerprint density at radius 2 is 0.909 bits per heavy atom. The number of carbonyl (C=O) groups excluding carboxylic acids is 1. The Labute approximate surface area is 122 Å². The molecule has 0 aliphatic rings. The van der Waals surface area contributed by atoms with E-state index >= 15 is 0 Å². The highest BCUT2D eigenvalue weighted by Crippen LogP contribution is 2.68. The van der Waals surface area contributed by atoms with Crippen molar-refractivity contribution in [2.24, 2.45) is 0 Å². The minimum atomic E-state index is -5.86. The summed E-state index contributed by atoms with van der Waals surface area (Å²) in [6, 6.07) is 0. The maximum absolute atomic E-state index is 11.2. The first-order chi connectivity index (χ1) is 9.44. The highest BCUT2D eigenvalue weighted by atomic mass is 31.2. The van der Waals surface area contributed by atoms with Crippen molar-refractivity contribution < 1.29 is 62.2 Å². The number of aldehydes is 1. The van der Waals surface area contributed by atoms with Crippen LogP contribution in [-0.4, -0.2) is 67.9 Å². The summed E-state index contributed by atoms with van der Waals surface area (Å²) in [5.74, 6) is 0. The van der Waals surface area contributed by atoms with Crippen molar-refractivity contribution in [2.45, 2.75) is 11.0 Å². The molecule has 132 valence electrons. The lowest BCUT2D eigenvalue weighted by Gasteiger charge is -2.36. The van der Waals surface area contributed by atoms with Crippen LogP contribution in [0.25, 0.3) is 0 Å². The Morgan fingerprint density at radius 3 is 1.05 bits per heavy atom. The molecule has 22 heavy (non-hydrogen) atoms. The zero-order valence-electron chi connectivity index (χ0n) is 10.3. The first kappa shape index (κ1) is 22.2. The molecule has 0 unspecified atom stereocenters. The Bertz CT molecular complexity index is 499. The first-order valence-electron chi connectivity index (χ1n) is 4.84. The van der Waals surface area contributed by atoms with Crippen LogP contribution in [0.4, 0.5) is 0 Å². The molecule has 0 aromatic rings. The van der Waals surface area contributed by atoms with E-state index < -0.39 is 52.9 Å². The van der Waals surface area contributed by atoms with Gasteiger partial charge in [-0.2, -0.15) is 0 Å². The molecule has 18 heteroatoms. The predicted molar refractivity (Wildman–Crippen MR) is 68.5 cm³/mol. The van der Waals surface area contributed by atoms with Gasteiger partial charge in [0.15, 0.2) is 0 Å². The first-order valence-corrected chi connectivity index (χ1v) is 11.6. The molecule has 0 aromatic heterocycles. The molecule has 0 rings (SSSR count). The van der Waals surface area contributed by atoms with E-state index in [4.69, 9.17) is 39.1 Å². The van der Waals surface area contributed by atoms with Crippen LogP contribution in [0.5, 0.6) is 0 Å². The fraction of sp³-hybridized carbons (Fsp3) is 0.750. The second kappa shape index (κ2) is 7.00. The van der Waals surface area contributed by atoms with Crippen molar-refractivity contribution in [3.63, 3.8) is 0 Å². The van der Waals surface area contributed by atoms with E-state index in [9.17, 15) is 23.1 Å². The zero-order valence-corrected chi connectivity index (χ0v) is 13.9. The molecule has 14 nitrogen and oxygen atoms in total. The molecule has 0 bridgehead atoms. The summed E-state index contributed by atoms with van der Waals surface area (Å²) in [4.78, 5) is 81.5. The smallest absolute Gasteiger partial charge is 0.323 e. The quantitative estimate of drug-likeness (QED) is 0.157. The van der Waals surface area contributed by atoms with E-state index in [2.05, 4.69) is 0 Å². The van der Waals surface area contributed by atoms with Gasteiger partial charge in [0, 0.05) is 0 Å². The average Bonchev–Trinajstić information content (AvgIpc) is 2.06. The van der Waals surface area contributed by atoms with Crippen molar-refractivity contribution in [3.05, 3.63) is 0 Å². The van der Waals surface area contributed by atoms with Gasteiger partial charge in [-0.05, 0) is 0 Å². The molecular formula is C4H13NO13P4. The van der Waals surface area contributed by atoms with Crippen molar-refractivity contribution in [1.29, 1.82) is 0 Å². The molecule has 0 aliphatic heterocycles. The topological polar surface area (TPSA) is 250 Å². The van der Waals surface area contributed by atoms with Crippen molar-refractivity contribution >= 4 is 36.7 Å². The fourth-order valence-corrected chi connectivity index (χ4v) is 7.57. The van der Waals surface area contributed by atoms with Crippen LogP contribution in [-0.2, 0) is 23.1 Å². The highest BCUT2D eigenvalue weighted by Gasteiger charge is 2.58. The normalized spacial score (nSPS) is 14.9. The van der Waals surface area contributed by atoms with E-state index in [1.807, 2.05) is 0 Å². The number of nitrogens with zero attached hydrogens (tertiary/aromatic N) is 1. The van der Waals surface area contributed by atoms with Crippen molar-refractivity contribution in [2.75, 3.05) is 6.54 Å². The van der Waals surface area contributed by atoms with Crippen LogP contribution in [0, 0.1) is 0 Å². The summed E-state index contributed by atoms with van der Waals surface area (Å²) in [7, 11) is -23.4. The fourth-order valence-electron chi connectivity index (χ4n) is 1.56. The van der Waals surface area contributed by atoms with E-state index in [0.717, 1.165) is 0 Å². The molecule has 0 fully saturated rings. The molecule has 0 radical (unpaired) electrons. The minimum Gasteiger partial charge on any atom is -0.323 e. The lowest BCUT2D eigenvalue weighted by molar-refractivity contribution is -0.108. The summed E-state index contributed by atoms with van der Waals surface area (Å²) >= 11 is 0. The largest absolute Gasteiger partial charge is 0.355 e. The molecule has 0 amide bonds. The molecule has 8 N–H and O–H groups in total. The van der Waals surface area contributed by atoms with Crippen molar-refractivity contribution in [1.82, 2.24) is 4.90 Å². The molecule has 0 saturated heterocycles. The van der Waals surface area contributed by atoms with E-state index in [1.165, 1.54) is 0 Å². The molecule has 0 spiro atoms. The molecule has 0 heterocycles. The number of rotatable bonds is 8. The standard InChI is InChI=1S/C4H13NO13P4/c6-2-1-5(3(19(7,8)9)20(10,11)12)4(21(13,14)15)22(16,17)18/h2-4H,1H2,(H2,7,8,9)(H2,10,11,12)(H2,13,14,15)(H2,16,17,18). The third kappa shape index (κ3) is 6.03. The highest BCUT2D eigenvalue weighted by molar-refractivity contribution is 7.72. The van der Waals surface area contributed by atoms with Crippen LogP contribution in [0.15, 0.2) is 0 Å². The van der Waals surface area contributed by atoms with Gasteiger partial charge in [-0.15, -0.1) is 0 Å². The molecular weight excluding hydrogens is 394 g/mol. The number of hydrogen-bond donors (Lipinski definition) is 8. The third-order valence-electron chi connectivity index (χ3n) is 2.08. The van der Waals surface area contributed by atoms with Crippen LogP contribution in [0.1, 0.15) is 0 Å². The maximum atomic E-state index is 11.2. The van der Waals surface area contributed by atoms with Gasteiger partial charge in [-0.25, -0.2) is 4.90 Å². The van der Waals surface area contributed by atoms with E-state index in [1.54, 1.807) is 0 Å². The van der Waals surface area contributed by atoms with Gasteiger partial charge in [0.25, 0.3) is 0 Å².